The lowest BCUT2D eigenvalue weighted by Crippen LogP contribution is -1.84. The topological polar surface area (TPSA) is 28.7 Å². The SMILES string of the molecule is Cn1cc(CSS)c2ccc(C#N)cc21. The second-order valence-corrected chi connectivity index (χ2v) is 4.70. The van der Waals surface area contributed by atoms with E-state index in [0.717, 1.165) is 11.3 Å². The molecule has 0 saturated carbocycles. The van der Waals surface area contributed by atoms with Gasteiger partial charge < -0.3 is 4.57 Å². The third-order valence-corrected chi connectivity index (χ3v) is 3.25. The van der Waals surface area contributed by atoms with Gasteiger partial charge in [0, 0.05) is 29.9 Å². The standard InChI is InChI=1S/C11H10N2S2/c1-13-6-9(7-15-14)10-3-2-8(5-12)4-11(10)13/h2-4,6,14H,7H2,1H3. The number of nitrogens with zero attached hydrogens (tertiary/aromatic N) is 2. The van der Waals surface area contributed by atoms with Crippen molar-refractivity contribution in [3.05, 3.63) is 35.5 Å². The Kier molecular flexibility index (Phi) is 2.94. The van der Waals surface area contributed by atoms with E-state index in [1.807, 2.05) is 25.2 Å². The molecule has 1 heterocycles. The van der Waals surface area contributed by atoms with Crippen LogP contribution in [0.2, 0.25) is 0 Å². The summed E-state index contributed by atoms with van der Waals surface area (Å²) in [6, 6.07) is 7.94. The predicted molar refractivity (Wildman–Crippen MR) is 67.9 cm³/mol. The minimum atomic E-state index is 0.703. The molecule has 2 rings (SSSR count). The summed E-state index contributed by atoms with van der Waals surface area (Å²) in [5.74, 6) is 0.881. The van der Waals surface area contributed by atoms with Crippen molar-refractivity contribution >= 4 is 33.4 Å². The molecule has 0 aliphatic heterocycles. The maximum atomic E-state index is 8.82. The molecule has 0 aliphatic carbocycles. The highest BCUT2D eigenvalue weighted by molar-refractivity contribution is 8.68. The molecule has 0 amide bonds. The second-order valence-electron chi connectivity index (χ2n) is 3.38. The van der Waals surface area contributed by atoms with Crippen LogP contribution in [0.1, 0.15) is 11.1 Å². The molecule has 0 atom stereocenters. The summed E-state index contributed by atoms with van der Waals surface area (Å²) in [7, 11) is 3.51. The molecule has 2 aromatic rings. The zero-order chi connectivity index (χ0) is 10.8. The van der Waals surface area contributed by atoms with Gasteiger partial charge in [0.25, 0.3) is 0 Å². The molecular weight excluding hydrogens is 224 g/mol. The lowest BCUT2D eigenvalue weighted by Gasteiger charge is -1.96. The van der Waals surface area contributed by atoms with E-state index >= 15 is 0 Å². The number of rotatable bonds is 2. The first-order valence-electron chi connectivity index (χ1n) is 4.50. The third kappa shape index (κ3) is 1.85. The first kappa shape index (κ1) is 10.5. The molecule has 0 radical (unpaired) electrons. The fourth-order valence-electron chi connectivity index (χ4n) is 1.72. The Morgan fingerprint density at radius 2 is 2.33 bits per heavy atom. The van der Waals surface area contributed by atoms with E-state index in [4.69, 9.17) is 5.26 Å². The van der Waals surface area contributed by atoms with Crippen molar-refractivity contribution in [3.63, 3.8) is 0 Å². The molecule has 0 aliphatic rings. The predicted octanol–water partition coefficient (Wildman–Crippen LogP) is 3.13. The van der Waals surface area contributed by atoms with Gasteiger partial charge in [0.1, 0.15) is 0 Å². The van der Waals surface area contributed by atoms with E-state index < -0.39 is 0 Å². The molecule has 1 aromatic carbocycles. The van der Waals surface area contributed by atoms with E-state index in [9.17, 15) is 0 Å². The van der Waals surface area contributed by atoms with Crippen molar-refractivity contribution in [3.8, 4) is 6.07 Å². The first-order chi connectivity index (χ1) is 7.26. The average molecular weight is 234 g/mol. The van der Waals surface area contributed by atoms with Crippen LogP contribution in [-0.2, 0) is 12.8 Å². The number of aryl methyl sites for hydroxylation is 1. The fraction of sp³-hybridized carbons (Fsp3) is 0.182. The van der Waals surface area contributed by atoms with Crippen LogP contribution in [0.4, 0.5) is 0 Å². The van der Waals surface area contributed by atoms with Crippen molar-refractivity contribution in [1.29, 1.82) is 5.26 Å². The summed E-state index contributed by atoms with van der Waals surface area (Å²) in [5.41, 5.74) is 3.07. The molecule has 4 heteroatoms. The first-order valence-corrected chi connectivity index (χ1v) is 6.54. The van der Waals surface area contributed by atoms with Gasteiger partial charge in [-0.3, -0.25) is 0 Å². The number of nitriles is 1. The summed E-state index contributed by atoms with van der Waals surface area (Å²) >= 11 is 4.16. The number of hydrogen-bond acceptors (Lipinski definition) is 3. The third-order valence-electron chi connectivity index (χ3n) is 2.42. The van der Waals surface area contributed by atoms with E-state index in [2.05, 4.69) is 28.5 Å². The van der Waals surface area contributed by atoms with Gasteiger partial charge in [-0.1, -0.05) is 16.9 Å². The number of benzene rings is 1. The van der Waals surface area contributed by atoms with E-state index in [0.29, 0.717) is 5.56 Å². The van der Waals surface area contributed by atoms with Gasteiger partial charge in [0.2, 0.25) is 0 Å². The van der Waals surface area contributed by atoms with Gasteiger partial charge in [-0.2, -0.15) is 5.26 Å². The molecular formula is C11H10N2S2. The minimum Gasteiger partial charge on any atom is -0.350 e. The van der Waals surface area contributed by atoms with E-state index in [-0.39, 0.29) is 0 Å². The summed E-state index contributed by atoms with van der Waals surface area (Å²) < 4.78 is 2.05. The Hall–Kier alpha value is -1.05. The highest BCUT2D eigenvalue weighted by Gasteiger charge is 2.06. The van der Waals surface area contributed by atoms with Crippen LogP contribution in [0.15, 0.2) is 24.4 Å². The zero-order valence-corrected chi connectivity index (χ0v) is 9.98. The average Bonchev–Trinajstić information content (AvgIpc) is 2.56. The van der Waals surface area contributed by atoms with Gasteiger partial charge in [-0.15, -0.1) is 11.7 Å². The minimum absolute atomic E-state index is 0.703. The van der Waals surface area contributed by atoms with Gasteiger partial charge in [0.05, 0.1) is 11.6 Å². The summed E-state index contributed by atoms with van der Waals surface area (Å²) in [6.45, 7) is 0. The maximum Gasteiger partial charge on any atom is 0.0992 e. The van der Waals surface area contributed by atoms with E-state index in [1.165, 1.54) is 21.7 Å². The van der Waals surface area contributed by atoms with Crippen LogP contribution in [-0.4, -0.2) is 4.57 Å². The molecule has 0 N–H and O–H groups in total. The van der Waals surface area contributed by atoms with Crippen molar-refractivity contribution in [2.45, 2.75) is 5.75 Å². The Morgan fingerprint density at radius 1 is 1.53 bits per heavy atom. The fourth-order valence-corrected chi connectivity index (χ4v) is 2.51. The Balaban J connectivity index is 2.65. The van der Waals surface area contributed by atoms with Crippen LogP contribution in [0.25, 0.3) is 10.9 Å². The van der Waals surface area contributed by atoms with Crippen molar-refractivity contribution in [1.82, 2.24) is 4.57 Å². The zero-order valence-electron chi connectivity index (χ0n) is 8.27. The molecule has 2 nitrogen and oxygen atoms in total. The van der Waals surface area contributed by atoms with Crippen LogP contribution < -0.4 is 0 Å². The maximum absolute atomic E-state index is 8.82. The van der Waals surface area contributed by atoms with Crippen LogP contribution in [0, 0.1) is 11.3 Å². The second kappa shape index (κ2) is 4.21. The molecule has 0 saturated heterocycles. The Morgan fingerprint density at radius 3 is 3.00 bits per heavy atom. The lowest BCUT2D eigenvalue weighted by molar-refractivity contribution is 0.963. The summed E-state index contributed by atoms with van der Waals surface area (Å²) in [6.07, 6.45) is 2.09. The molecule has 0 spiro atoms. The van der Waals surface area contributed by atoms with Crippen LogP contribution in [0.3, 0.4) is 0 Å². The van der Waals surface area contributed by atoms with E-state index in [1.54, 1.807) is 0 Å². The summed E-state index contributed by atoms with van der Waals surface area (Å²) in [5, 5.41) is 10.0. The molecule has 0 unspecified atom stereocenters. The molecule has 0 bridgehead atoms. The highest BCUT2D eigenvalue weighted by atomic mass is 33.1. The largest absolute Gasteiger partial charge is 0.350 e. The highest BCUT2D eigenvalue weighted by Crippen LogP contribution is 2.26. The van der Waals surface area contributed by atoms with Gasteiger partial charge in [-0.05, 0) is 17.7 Å². The number of aromatic nitrogens is 1. The molecule has 0 fully saturated rings. The van der Waals surface area contributed by atoms with Crippen molar-refractivity contribution in [2.75, 3.05) is 0 Å². The normalized spacial score (nSPS) is 10.5. The van der Waals surface area contributed by atoms with Crippen LogP contribution in [0.5, 0.6) is 0 Å². The Labute approximate surface area is 97.7 Å². The molecule has 15 heavy (non-hydrogen) atoms. The molecule has 76 valence electrons. The van der Waals surface area contributed by atoms with Gasteiger partial charge in [0.15, 0.2) is 0 Å². The monoisotopic (exact) mass is 234 g/mol. The van der Waals surface area contributed by atoms with Crippen molar-refractivity contribution in [2.24, 2.45) is 7.05 Å². The summed E-state index contributed by atoms with van der Waals surface area (Å²) in [4.78, 5) is 0. The number of thiol groups is 1. The van der Waals surface area contributed by atoms with Crippen LogP contribution >= 0.6 is 22.5 Å². The smallest absolute Gasteiger partial charge is 0.0992 e. The quantitative estimate of drug-likeness (QED) is 0.639. The van der Waals surface area contributed by atoms with Gasteiger partial charge >= 0.3 is 0 Å². The van der Waals surface area contributed by atoms with Gasteiger partial charge in [-0.25, -0.2) is 0 Å². The molecule has 1 aromatic heterocycles. The van der Waals surface area contributed by atoms with Crippen molar-refractivity contribution < 1.29 is 0 Å². The Bertz CT molecular complexity index is 537. The number of fused-ring (bicyclic) bond motifs is 1. The number of hydrogen-bond donors (Lipinski definition) is 1. The lowest BCUT2D eigenvalue weighted by atomic mass is 10.1.